The number of sulfonamides is 1. The number of aromatic carboxylic acids is 1. The third kappa shape index (κ3) is 7.44. The first kappa shape index (κ1) is 29.8. The molecule has 0 radical (unpaired) electrons. The summed E-state index contributed by atoms with van der Waals surface area (Å²) in [6.45, 7) is 5.50. The molecule has 0 heterocycles. The van der Waals surface area contributed by atoms with Crippen molar-refractivity contribution >= 4 is 21.7 Å². The number of carbonyl (C=O) groups is 1. The molecule has 3 aromatic rings. The minimum Gasteiger partial charge on any atom is -0.494 e. The summed E-state index contributed by atoms with van der Waals surface area (Å²) in [7, 11) is -4.21. The number of benzene rings is 3. The lowest BCUT2D eigenvalue weighted by atomic mass is 10.1. The largest absolute Gasteiger partial charge is 0.494 e. The standard InChI is InChI=1S/C28H30F3NO6S/c1-4-5-16-37-23-11-13-24(14-12-23)39(35,36)32(19(2)3)25-15-10-22(28(29,30)31)17-26(25)38-18-20-6-8-21(9-7-20)27(33)34/h6-15,17,19H,4-5,16,18H2,1-3H3,(H,33,34). The van der Waals surface area contributed by atoms with E-state index in [1.807, 2.05) is 6.92 Å². The van der Waals surface area contributed by atoms with Gasteiger partial charge in [-0.1, -0.05) is 25.5 Å². The van der Waals surface area contributed by atoms with Gasteiger partial charge in [0.2, 0.25) is 0 Å². The quantitative estimate of drug-likeness (QED) is 0.244. The maximum absolute atomic E-state index is 13.7. The lowest BCUT2D eigenvalue weighted by Crippen LogP contribution is -2.37. The second kappa shape index (κ2) is 12.4. The first-order chi connectivity index (χ1) is 18.3. The molecule has 0 aliphatic heterocycles. The van der Waals surface area contributed by atoms with Crippen LogP contribution in [0.3, 0.4) is 0 Å². The van der Waals surface area contributed by atoms with Crippen LogP contribution in [0.4, 0.5) is 18.9 Å². The van der Waals surface area contributed by atoms with Crippen molar-refractivity contribution in [2.75, 3.05) is 10.9 Å². The second-order valence-electron chi connectivity index (χ2n) is 9.04. The smallest absolute Gasteiger partial charge is 0.416 e. The highest BCUT2D eigenvalue weighted by molar-refractivity contribution is 7.92. The molecule has 0 amide bonds. The Kier molecular flexibility index (Phi) is 9.49. The van der Waals surface area contributed by atoms with Crippen molar-refractivity contribution in [3.8, 4) is 11.5 Å². The number of anilines is 1. The number of carboxylic acid groups (broad SMARTS) is 1. The molecule has 0 bridgehead atoms. The molecule has 0 saturated heterocycles. The van der Waals surface area contributed by atoms with Gasteiger partial charge in [0.05, 0.1) is 28.3 Å². The third-order valence-electron chi connectivity index (χ3n) is 5.74. The van der Waals surface area contributed by atoms with E-state index in [1.165, 1.54) is 48.5 Å². The Balaban J connectivity index is 1.99. The van der Waals surface area contributed by atoms with Gasteiger partial charge in [-0.15, -0.1) is 0 Å². The summed E-state index contributed by atoms with van der Waals surface area (Å²) in [5.74, 6) is -0.907. The van der Waals surface area contributed by atoms with Gasteiger partial charge < -0.3 is 14.6 Å². The zero-order valence-corrected chi connectivity index (χ0v) is 22.6. The van der Waals surface area contributed by atoms with Crippen LogP contribution >= 0.6 is 0 Å². The molecular formula is C28H30F3NO6S. The molecule has 0 aliphatic rings. The molecule has 0 saturated carbocycles. The first-order valence-corrected chi connectivity index (χ1v) is 13.7. The van der Waals surface area contributed by atoms with Crippen LogP contribution in [0.2, 0.25) is 0 Å². The molecule has 210 valence electrons. The number of carboxylic acids is 1. The summed E-state index contributed by atoms with van der Waals surface area (Å²) >= 11 is 0. The number of ether oxygens (including phenoxy) is 2. The van der Waals surface area contributed by atoms with Crippen molar-refractivity contribution in [2.45, 2.75) is 57.3 Å². The number of rotatable bonds is 12. The van der Waals surface area contributed by atoms with Crippen LogP contribution in [0.1, 0.15) is 55.1 Å². The van der Waals surface area contributed by atoms with E-state index in [0.29, 0.717) is 17.9 Å². The highest BCUT2D eigenvalue weighted by Gasteiger charge is 2.34. The van der Waals surface area contributed by atoms with Crippen molar-refractivity contribution in [3.05, 3.63) is 83.4 Å². The molecule has 0 atom stereocenters. The number of hydrogen-bond acceptors (Lipinski definition) is 5. The maximum Gasteiger partial charge on any atom is 0.416 e. The molecule has 7 nitrogen and oxygen atoms in total. The Morgan fingerprint density at radius 3 is 2.15 bits per heavy atom. The fourth-order valence-electron chi connectivity index (χ4n) is 3.73. The van der Waals surface area contributed by atoms with Crippen molar-refractivity contribution in [2.24, 2.45) is 0 Å². The van der Waals surface area contributed by atoms with Gasteiger partial charge in [0.1, 0.15) is 18.1 Å². The Bertz CT molecular complexity index is 1370. The molecule has 0 aliphatic carbocycles. The van der Waals surface area contributed by atoms with Gasteiger partial charge in [-0.2, -0.15) is 13.2 Å². The van der Waals surface area contributed by atoms with Gasteiger partial charge in [0, 0.05) is 6.04 Å². The Morgan fingerprint density at radius 2 is 1.62 bits per heavy atom. The van der Waals surface area contributed by atoms with E-state index in [0.717, 1.165) is 35.3 Å². The van der Waals surface area contributed by atoms with Crippen LogP contribution in [0.5, 0.6) is 11.5 Å². The highest BCUT2D eigenvalue weighted by Crippen LogP contribution is 2.40. The monoisotopic (exact) mass is 565 g/mol. The maximum atomic E-state index is 13.7. The average molecular weight is 566 g/mol. The van der Waals surface area contributed by atoms with Crippen molar-refractivity contribution in [3.63, 3.8) is 0 Å². The van der Waals surface area contributed by atoms with E-state index >= 15 is 0 Å². The molecule has 0 unspecified atom stereocenters. The Morgan fingerprint density at radius 1 is 0.974 bits per heavy atom. The summed E-state index contributed by atoms with van der Waals surface area (Å²) in [5.41, 5.74) is -0.543. The highest BCUT2D eigenvalue weighted by atomic mass is 32.2. The van der Waals surface area contributed by atoms with Gasteiger partial charge in [0.15, 0.2) is 0 Å². The van der Waals surface area contributed by atoms with Gasteiger partial charge in [-0.25, -0.2) is 13.2 Å². The number of unbranched alkanes of at least 4 members (excludes halogenated alkanes) is 1. The van der Waals surface area contributed by atoms with Gasteiger partial charge in [0.25, 0.3) is 10.0 Å². The average Bonchev–Trinajstić information content (AvgIpc) is 2.88. The fourth-order valence-corrected chi connectivity index (χ4v) is 5.41. The number of hydrogen-bond donors (Lipinski definition) is 1. The molecule has 1 N–H and O–H groups in total. The molecule has 3 aromatic carbocycles. The Labute approximate surface area is 225 Å². The van der Waals surface area contributed by atoms with E-state index in [2.05, 4.69) is 0 Å². The summed E-state index contributed by atoms with van der Waals surface area (Å²) in [6, 6.07) is 13.4. The topological polar surface area (TPSA) is 93.1 Å². The second-order valence-corrected chi connectivity index (χ2v) is 10.9. The first-order valence-electron chi connectivity index (χ1n) is 12.3. The van der Waals surface area contributed by atoms with Crippen LogP contribution in [0.25, 0.3) is 0 Å². The number of nitrogens with zero attached hydrogens (tertiary/aromatic N) is 1. The van der Waals surface area contributed by atoms with E-state index in [1.54, 1.807) is 13.8 Å². The summed E-state index contributed by atoms with van der Waals surface area (Å²) in [5, 5.41) is 9.07. The van der Waals surface area contributed by atoms with Crippen LogP contribution in [0, 0.1) is 0 Å². The van der Waals surface area contributed by atoms with Crippen molar-refractivity contribution < 1.29 is 41.0 Å². The molecule has 0 spiro atoms. The number of alkyl halides is 3. The molecule has 0 fully saturated rings. The van der Waals surface area contributed by atoms with Crippen LogP contribution in [-0.4, -0.2) is 32.1 Å². The van der Waals surface area contributed by atoms with E-state index in [-0.39, 0.29) is 28.5 Å². The summed E-state index contributed by atoms with van der Waals surface area (Å²) < 4.78 is 80.4. The van der Waals surface area contributed by atoms with Crippen LogP contribution in [-0.2, 0) is 22.8 Å². The van der Waals surface area contributed by atoms with E-state index < -0.39 is 33.8 Å². The lowest BCUT2D eigenvalue weighted by molar-refractivity contribution is -0.137. The van der Waals surface area contributed by atoms with E-state index in [9.17, 15) is 26.4 Å². The van der Waals surface area contributed by atoms with Crippen molar-refractivity contribution in [1.82, 2.24) is 0 Å². The fraction of sp³-hybridized carbons (Fsp3) is 0.321. The minimum absolute atomic E-state index is 0.0392. The molecule has 11 heteroatoms. The zero-order valence-electron chi connectivity index (χ0n) is 21.7. The predicted molar refractivity (Wildman–Crippen MR) is 141 cm³/mol. The number of halogens is 3. The lowest BCUT2D eigenvalue weighted by Gasteiger charge is -2.30. The third-order valence-corrected chi connectivity index (χ3v) is 7.74. The zero-order chi connectivity index (χ0) is 28.8. The molecule has 3 rings (SSSR count). The van der Waals surface area contributed by atoms with Gasteiger partial charge in [-0.3, -0.25) is 4.31 Å². The predicted octanol–water partition coefficient (Wildman–Crippen LogP) is 6.77. The van der Waals surface area contributed by atoms with Gasteiger partial charge in [-0.05, 0) is 80.4 Å². The van der Waals surface area contributed by atoms with Gasteiger partial charge >= 0.3 is 12.1 Å². The van der Waals surface area contributed by atoms with Crippen LogP contribution < -0.4 is 13.8 Å². The Hall–Kier alpha value is -3.73. The summed E-state index contributed by atoms with van der Waals surface area (Å²) in [4.78, 5) is 11.0. The molecule has 0 aromatic heterocycles. The summed E-state index contributed by atoms with van der Waals surface area (Å²) in [6.07, 6.45) is -2.89. The normalized spacial score (nSPS) is 11.9. The molecular weight excluding hydrogens is 535 g/mol. The minimum atomic E-state index is -4.69. The van der Waals surface area contributed by atoms with Crippen LogP contribution in [0.15, 0.2) is 71.6 Å². The van der Waals surface area contributed by atoms with E-state index in [4.69, 9.17) is 14.6 Å². The SMILES string of the molecule is CCCCOc1ccc(S(=O)(=O)N(c2ccc(C(F)(F)F)cc2OCc2ccc(C(=O)O)cc2)C(C)C)cc1. The molecule has 39 heavy (non-hydrogen) atoms. The van der Waals surface area contributed by atoms with Crippen molar-refractivity contribution in [1.29, 1.82) is 0 Å².